The molecule has 1 fully saturated rings. The molecular formula is C26H24ClN3O4. The van der Waals surface area contributed by atoms with E-state index in [4.69, 9.17) is 16.3 Å². The molecule has 0 radical (unpaired) electrons. The molecule has 1 atom stereocenters. The Morgan fingerprint density at radius 2 is 1.85 bits per heavy atom. The highest BCUT2D eigenvalue weighted by atomic mass is 35.5. The summed E-state index contributed by atoms with van der Waals surface area (Å²) in [5, 5.41) is 11.7. The summed E-state index contributed by atoms with van der Waals surface area (Å²) in [6.45, 7) is 4.94. The lowest BCUT2D eigenvalue weighted by molar-refractivity contribution is -0.139. The van der Waals surface area contributed by atoms with Gasteiger partial charge >= 0.3 is 0 Å². The first kappa shape index (κ1) is 23.3. The van der Waals surface area contributed by atoms with E-state index >= 15 is 0 Å². The lowest BCUT2D eigenvalue weighted by atomic mass is 9.95. The maximum Gasteiger partial charge on any atom is 0.295 e. The number of ketones is 1. The largest absolute Gasteiger partial charge is 0.507 e. The van der Waals surface area contributed by atoms with Crippen molar-refractivity contribution in [3.63, 3.8) is 0 Å². The molecule has 0 bridgehead atoms. The Morgan fingerprint density at radius 1 is 1.12 bits per heavy atom. The zero-order valence-electron chi connectivity index (χ0n) is 18.4. The molecule has 0 aliphatic carbocycles. The number of ether oxygens (including phenoxy) is 1. The number of aryl methyl sites for hydroxylation is 1. The number of Topliss-reactive ketones (excluding diaryl/α,β-unsaturated/α-hetero) is 1. The predicted octanol–water partition coefficient (Wildman–Crippen LogP) is 4.61. The van der Waals surface area contributed by atoms with Gasteiger partial charge in [0.1, 0.15) is 18.1 Å². The van der Waals surface area contributed by atoms with Crippen LogP contribution >= 0.6 is 11.6 Å². The van der Waals surface area contributed by atoms with Crippen LogP contribution in [0.3, 0.4) is 0 Å². The zero-order valence-corrected chi connectivity index (χ0v) is 19.2. The molecule has 1 aliphatic rings. The van der Waals surface area contributed by atoms with Crippen LogP contribution in [0.15, 0.2) is 85.5 Å². The van der Waals surface area contributed by atoms with Crippen LogP contribution in [-0.4, -0.2) is 44.4 Å². The van der Waals surface area contributed by atoms with Crippen molar-refractivity contribution in [1.82, 2.24) is 14.5 Å². The molecule has 1 amide bonds. The van der Waals surface area contributed by atoms with Crippen LogP contribution in [0.1, 0.15) is 23.6 Å². The van der Waals surface area contributed by atoms with Crippen LogP contribution < -0.4 is 4.74 Å². The molecule has 174 valence electrons. The number of carbonyl (C=O) groups is 2. The van der Waals surface area contributed by atoms with E-state index in [9.17, 15) is 14.7 Å². The van der Waals surface area contributed by atoms with Crippen LogP contribution in [0.5, 0.6) is 5.75 Å². The highest BCUT2D eigenvalue weighted by Gasteiger charge is 2.45. The fraction of sp³-hybridized carbons (Fsp3) is 0.192. The highest BCUT2D eigenvalue weighted by molar-refractivity contribution is 6.46. The number of nitrogens with zero attached hydrogens (tertiary/aromatic N) is 3. The van der Waals surface area contributed by atoms with Crippen molar-refractivity contribution in [3.05, 3.63) is 102 Å². The number of aromatic nitrogens is 2. The van der Waals surface area contributed by atoms with Gasteiger partial charge in [0.25, 0.3) is 11.7 Å². The SMILES string of the molecule is C=CCOc1ccc(C(O)=C2C(=O)C(=O)N(CCCn3ccnc3)[C@H]2c2ccc(Cl)cc2)cc1. The van der Waals surface area contributed by atoms with E-state index in [0.717, 1.165) is 0 Å². The molecule has 3 aromatic rings. The molecule has 34 heavy (non-hydrogen) atoms. The van der Waals surface area contributed by atoms with Gasteiger partial charge in [-0.3, -0.25) is 9.59 Å². The number of benzene rings is 2. The van der Waals surface area contributed by atoms with Crippen molar-refractivity contribution in [2.45, 2.75) is 19.0 Å². The van der Waals surface area contributed by atoms with Gasteiger partial charge < -0.3 is 19.3 Å². The van der Waals surface area contributed by atoms with Crippen LogP contribution in [0.4, 0.5) is 0 Å². The molecule has 0 spiro atoms. The second kappa shape index (κ2) is 10.4. The smallest absolute Gasteiger partial charge is 0.295 e. The topological polar surface area (TPSA) is 84.7 Å². The van der Waals surface area contributed by atoms with E-state index in [1.54, 1.807) is 67.1 Å². The van der Waals surface area contributed by atoms with Gasteiger partial charge in [0.2, 0.25) is 0 Å². The third kappa shape index (κ3) is 4.89. The number of amides is 1. The summed E-state index contributed by atoms with van der Waals surface area (Å²) in [6.07, 6.45) is 7.48. The van der Waals surface area contributed by atoms with Gasteiger partial charge in [-0.2, -0.15) is 0 Å². The number of likely N-dealkylation sites (tertiary alicyclic amines) is 1. The molecule has 8 heteroatoms. The number of aliphatic hydroxyl groups excluding tert-OH is 1. The number of hydrogen-bond acceptors (Lipinski definition) is 5. The lowest BCUT2D eigenvalue weighted by Gasteiger charge is -2.25. The van der Waals surface area contributed by atoms with Crippen LogP contribution in [0.2, 0.25) is 5.02 Å². The number of aliphatic hydroxyl groups is 1. The van der Waals surface area contributed by atoms with Crippen molar-refractivity contribution in [2.75, 3.05) is 13.2 Å². The summed E-state index contributed by atoms with van der Waals surface area (Å²) < 4.78 is 7.39. The number of halogens is 1. The van der Waals surface area contributed by atoms with Crippen molar-refractivity contribution in [2.24, 2.45) is 0 Å². The Hall–Kier alpha value is -3.84. The van der Waals surface area contributed by atoms with Crippen LogP contribution in [-0.2, 0) is 16.1 Å². The van der Waals surface area contributed by atoms with Crippen LogP contribution in [0.25, 0.3) is 5.76 Å². The van der Waals surface area contributed by atoms with Crippen LogP contribution in [0, 0.1) is 0 Å². The van der Waals surface area contributed by atoms with E-state index in [0.29, 0.717) is 48.0 Å². The minimum Gasteiger partial charge on any atom is -0.507 e. The summed E-state index contributed by atoms with van der Waals surface area (Å²) in [4.78, 5) is 31.7. The fourth-order valence-electron chi connectivity index (χ4n) is 3.96. The maximum atomic E-state index is 13.1. The normalized spacial score (nSPS) is 17.2. The zero-order chi connectivity index (χ0) is 24.1. The van der Waals surface area contributed by atoms with Gasteiger partial charge in [-0.1, -0.05) is 36.4 Å². The van der Waals surface area contributed by atoms with E-state index in [2.05, 4.69) is 11.6 Å². The average Bonchev–Trinajstić information content (AvgIpc) is 3.45. The third-order valence-electron chi connectivity index (χ3n) is 5.60. The maximum absolute atomic E-state index is 13.1. The van der Waals surface area contributed by atoms with Crippen molar-refractivity contribution < 1.29 is 19.4 Å². The Kier molecular flexibility index (Phi) is 7.13. The molecule has 4 rings (SSSR count). The van der Waals surface area contributed by atoms with Gasteiger partial charge in [-0.25, -0.2) is 4.98 Å². The first-order chi connectivity index (χ1) is 16.5. The molecule has 1 saturated heterocycles. The predicted molar refractivity (Wildman–Crippen MR) is 129 cm³/mol. The first-order valence-corrected chi connectivity index (χ1v) is 11.2. The third-order valence-corrected chi connectivity index (χ3v) is 5.85. The van der Waals surface area contributed by atoms with E-state index in [1.165, 1.54) is 4.90 Å². The Labute approximate surface area is 202 Å². The Morgan fingerprint density at radius 3 is 2.50 bits per heavy atom. The number of hydrogen-bond donors (Lipinski definition) is 1. The van der Waals surface area contributed by atoms with Crippen molar-refractivity contribution in [3.8, 4) is 5.75 Å². The molecule has 1 N–H and O–H groups in total. The summed E-state index contributed by atoms with van der Waals surface area (Å²) >= 11 is 6.06. The average molecular weight is 478 g/mol. The quantitative estimate of drug-likeness (QED) is 0.210. The molecule has 2 aromatic carbocycles. The molecule has 7 nitrogen and oxygen atoms in total. The Balaban J connectivity index is 1.68. The van der Waals surface area contributed by atoms with Gasteiger partial charge in [0.15, 0.2) is 0 Å². The fourth-order valence-corrected chi connectivity index (χ4v) is 4.09. The van der Waals surface area contributed by atoms with Gasteiger partial charge in [0.05, 0.1) is 17.9 Å². The summed E-state index contributed by atoms with van der Waals surface area (Å²) in [5.41, 5.74) is 1.16. The standard InChI is InChI=1S/C26H24ClN3O4/c1-2-16-34-21-10-6-19(7-11-21)24(31)22-23(18-4-8-20(27)9-5-18)30(26(33)25(22)32)14-3-13-29-15-12-28-17-29/h2,4-12,15,17,23,31H,1,3,13-14,16H2/t23-/m0/s1. The first-order valence-electron chi connectivity index (χ1n) is 10.8. The van der Waals surface area contributed by atoms with Gasteiger partial charge in [0, 0.05) is 36.1 Å². The van der Waals surface area contributed by atoms with E-state index in [1.807, 2.05) is 10.8 Å². The number of carbonyl (C=O) groups excluding carboxylic acids is 2. The molecule has 0 unspecified atom stereocenters. The summed E-state index contributed by atoms with van der Waals surface area (Å²) in [5.74, 6) is -0.985. The minimum absolute atomic E-state index is 0.0507. The van der Waals surface area contributed by atoms with Gasteiger partial charge in [-0.15, -0.1) is 0 Å². The molecule has 1 aromatic heterocycles. The molecule has 2 heterocycles. The second-order valence-electron chi connectivity index (χ2n) is 7.82. The van der Waals surface area contributed by atoms with Gasteiger partial charge in [-0.05, 0) is 48.4 Å². The molecule has 0 saturated carbocycles. The molecular weight excluding hydrogens is 454 g/mol. The van der Waals surface area contributed by atoms with E-state index < -0.39 is 17.7 Å². The number of imidazole rings is 1. The second-order valence-corrected chi connectivity index (χ2v) is 8.26. The lowest BCUT2D eigenvalue weighted by Crippen LogP contribution is -2.31. The highest BCUT2D eigenvalue weighted by Crippen LogP contribution is 2.40. The Bertz CT molecular complexity index is 1200. The monoisotopic (exact) mass is 477 g/mol. The van der Waals surface area contributed by atoms with E-state index in [-0.39, 0.29) is 11.3 Å². The van der Waals surface area contributed by atoms with Crippen molar-refractivity contribution >= 4 is 29.1 Å². The number of rotatable bonds is 9. The van der Waals surface area contributed by atoms with Crippen molar-refractivity contribution in [1.29, 1.82) is 0 Å². The molecule has 1 aliphatic heterocycles. The minimum atomic E-state index is -0.725. The summed E-state index contributed by atoms with van der Waals surface area (Å²) in [6, 6.07) is 12.9. The summed E-state index contributed by atoms with van der Waals surface area (Å²) in [7, 11) is 0.